The molecule has 0 saturated heterocycles. The van der Waals surface area contributed by atoms with Crippen molar-refractivity contribution in [1.82, 2.24) is 0 Å². The minimum absolute atomic E-state index is 0.0514. The Hall–Kier alpha value is -2.00. The lowest BCUT2D eigenvalue weighted by molar-refractivity contribution is 0.217. The van der Waals surface area contributed by atoms with Crippen molar-refractivity contribution >= 4 is 0 Å². The first kappa shape index (κ1) is 13.4. The second-order valence-corrected chi connectivity index (χ2v) is 4.37. The zero-order chi connectivity index (χ0) is 13.5. The zero-order valence-corrected chi connectivity index (χ0v) is 11.1. The summed E-state index contributed by atoms with van der Waals surface area (Å²) in [4.78, 5) is 0. The summed E-state index contributed by atoms with van der Waals surface area (Å²) in [5, 5.41) is 0. The lowest BCUT2D eigenvalue weighted by Crippen LogP contribution is -2.09. The number of hydrogen-bond donors (Lipinski definition) is 1. The molecule has 0 unspecified atom stereocenters. The van der Waals surface area contributed by atoms with Crippen molar-refractivity contribution in [3.8, 4) is 11.5 Å². The van der Waals surface area contributed by atoms with Crippen molar-refractivity contribution in [2.24, 2.45) is 5.73 Å². The number of ether oxygens (including phenoxy) is 2. The van der Waals surface area contributed by atoms with Crippen LogP contribution in [0.2, 0.25) is 0 Å². The fourth-order valence-corrected chi connectivity index (χ4v) is 1.70. The fraction of sp³-hybridized carbons (Fsp3) is 0.250. The molecule has 2 aromatic rings. The molecule has 0 aliphatic rings. The van der Waals surface area contributed by atoms with Crippen molar-refractivity contribution in [2.45, 2.75) is 13.0 Å². The van der Waals surface area contributed by atoms with Gasteiger partial charge in [0.2, 0.25) is 0 Å². The van der Waals surface area contributed by atoms with Crippen molar-refractivity contribution in [3.05, 3.63) is 60.2 Å². The molecule has 3 nitrogen and oxygen atoms in total. The summed E-state index contributed by atoms with van der Waals surface area (Å²) in [6, 6.07) is 17.6. The lowest BCUT2D eigenvalue weighted by Gasteiger charge is -2.10. The van der Waals surface area contributed by atoms with Gasteiger partial charge in [0, 0.05) is 6.04 Å². The first-order valence-electron chi connectivity index (χ1n) is 6.42. The summed E-state index contributed by atoms with van der Waals surface area (Å²) >= 11 is 0. The molecular formula is C16H19NO2. The van der Waals surface area contributed by atoms with Gasteiger partial charge in [0.05, 0.1) is 0 Å². The van der Waals surface area contributed by atoms with E-state index in [1.165, 1.54) is 0 Å². The average molecular weight is 257 g/mol. The second kappa shape index (κ2) is 6.81. The number of benzene rings is 2. The minimum Gasteiger partial charge on any atom is -0.490 e. The molecule has 19 heavy (non-hydrogen) atoms. The van der Waals surface area contributed by atoms with Gasteiger partial charge in [-0.3, -0.25) is 0 Å². The number of nitrogens with two attached hydrogens (primary N) is 1. The summed E-state index contributed by atoms with van der Waals surface area (Å²) < 4.78 is 11.1. The topological polar surface area (TPSA) is 44.5 Å². The first-order valence-corrected chi connectivity index (χ1v) is 6.42. The molecule has 0 heterocycles. The minimum atomic E-state index is 0.0514. The van der Waals surface area contributed by atoms with E-state index in [9.17, 15) is 0 Å². The molecular weight excluding hydrogens is 238 g/mol. The van der Waals surface area contributed by atoms with E-state index in [4.69, 9.17) is 15.2 Å². The Bertz CT molecular complexity index is 480. The molecule has 3 heteroatoms. The summed E-state index contributed by atoms with van der Waals surface area (Å²) in [5.41, 5.74) is 6.89. The number of para-hydroxylation sites is 1. The molecule has 2 rings (SSSR count). The maximum Gasteiger partial charge on any atom is 0.122 e. The van der Waals surface area contributed by atoms with Crippen LogP contribution in [0.5, 0.6) is 11.5 Å². The van der Waals surface area contributed by atoms with E-state index in [0.29, 0.717) is 13.2 Å². The highest BCUT2D eigenvalue weighted by Crippen LogP contribution is 2.16. The third kappa shape index (κ3) is 4.30. The summed E-state index contributed by atoms with van der Waals surface area (Å²) in [6.07, 6.45) is 0. The van der Waals surface area contributed by atoms with E-state index in [1.807, 2.05) is 61.5 Å². The van der Waals surface area contributed by atoms with E-state index in [0.717, 1.165) is 17.1 Å². The normalized spacial score (nSPS) is 11.9. The number of rotatable bonds is 6. The number of hydrogen-bond acceptors (Lipinski definition) is 3. The van der Waals surface area contributed by atoms with Crippen molar-refractivity contribution in [2.75, 3.05) is 13.2 Å². The summed E-state index contributed by atoms with van der Waals surface area (Å²) in [6.45, 7) is 3.01. The highest BCUT2D eigenvalue weighted by atomic mass is 16.5. The summed E-state index contributed by atoms with van der Waals surface area (Å²) in [5.74, 6) is 1.69. The monoisotopic (exact) mass is 257 g/mol. The third-order valence-electron chi connectivity index (χ3n) is 2.77. The van der Waals surface area contributed by atoms with E-state index < -0.39 is 0 Å². The van der Waals surface area contributed by atoms with Crippen LogP contribution >= 0.6 is 0 Å². The van der Waals surface area contributed by atoms with E-state index in [2.05, 4.69) is 0 Å². The van der Waals surface area contributed by atoms with Gasteiger partial charge in [-0.25, -0.2) is 0 Å². The third-order valence-corrected chi connectivity index (χ3v) is 2.77. The van der Waals surface area contributed by atoms with Gasteiger partial charge >= 0.3 is 0 Å². The molecule has 0 aliphatic carbocycles. The molecule has 2 N–H and O–H groups in total. The second-order valence-electron chi connectivity index (χ2n) is 4.37. The van der Waals surface area contributed by atoms with Gasteiger partial charge in [-0.15, -0.1) is 0 Å². The van der Waals surface area contributed by atoms with Crippen LogP contribution in [0.15, 0.2) is 54.6 Å². The molecule has 0 aromatic heterocycles. The highest BCUT2D eigenvalue weighted by molar-refractivity contribution is 5.28. The molecule has 0 spiro atoms. The van der Waals surface area contributed by atoms with Gasteiger partial charge in [-0.2, -0.15) is 0 Å². The molecule has 0 saturated carbocycles. The van der Waals surface area contributed by atoms with Gasteiger partial charge in [0.15, 0.2) is 0 Å². The van der Waals surface area contributed by atoms with Crippen LogP contribution in [0.1, 0.15) is 18.5 Å². The van der Waals surface area contributed by atoms with Crippen LogP contribution < -0.4 is 15.2 Å². The highest BCUT2D eigenvalue weighted by Gasteiger charge is 1.99. The quantitative estimate of drug-likeness (QED) is 0.808. The molecule has 0 bridgehead atoms. The Labute approximate surface area is 114 Å². The van der Waals surface area contributed by atoms with Crippen LogP contribution in [0.3, 0.4) is 0 Å². The Balaban J connectivity index is 1.74. The van der Waals surface area contributed by atoms with Crippen LogP contribution in [-0.2, 0) is 0 Å². The smallest absolute Gasteiger partial charge is 0.122 e. The van der Waals surface area contributed by atoms with E-state index in [1.54, 1.807) is 0 Å². The molecule has 1 atom stereocenters. The zero-order valence-electron chi connectivity index (χ0n) is 11.1. The predicted octanol–water partition coefficient (Wildman–Crippen LogP) is 3.16. The Morgan fingerprint density at radius 3 is 1.89 bits per heavy atom. The largest absolute Gasteiger partial charge is 0.490 e. The first-order chi connectivity index (χ1) is 9.25. The molecule has 2 aromatic carbocycles. The Kier molecular flexibility index (Phi) is 4.81. The van der Waals surface area contributed by atoms with Gasteiger partial charge < -0.3 is 15.2 Å². The standard InChI is InChI=1S/C16H19NO2/c1-13(17)14-7-9-16(10-8-14)19-12-11-18-15-5-3-2-4-6-15/h2-10,13H,11-12,17H2,1H3/t13-/m0/s1. The molecule has 0 amide bonds. The maximum absolute atomic E-state index is 5.79. The van der Waals surface area contributed by atoms with Gasteiger partial charge in [-0.1, -0.05) is 30.3 Å². The fourth-order valence-electron chi connectivity index (χ4n) is 1.70. The van der Waals surface area contributed by atoms with Crippen molar-refractivity contribution in [1.29, 1.82) is 0 Å². The SMILES string of the molecule is C[C@H](N)c1ccc(OCCOc2ccccc2)cc1. The molecule has 0 fully saturated rings. The maximum atomic E-state index is 5.79. The van der Waals surface area contributed by atoms with Gasteiger partial charge in [0.1, 0.15) is 24.7 Å². The Morgan fingerprint density at radius 2 is 1.37 bits per heavy atom. The van der Waals surface area contributed by atoms with Crippen LogP contribution in [0.25, 0.3) is 0 Å². The van der Waals surface area contributed by atoms with Crippen LogP contribution in [0.4, 0.5) is 0 Å². The van der Waals surface area contributed by atoms with Gasteiger partial charge in [0.25, 0.3) is 0 Å². The van der Waals surface area contributed by atoms with Crippen LogP contribution in [0, 0.1) is 0 Å². The van der Waals surface area contributed by atoms with E-state index >= 15 is 0 Å². The lowest BCUT2D eigenvalue weighted by atomic mass is 10.1. The average Bonchev–Trinajstić information content (AvgIpc) is 2.45. The van der Waals surface area contributed by atoms with Gasteiger partial charge in [-0.05, 0) is 36.8 Å². The van der Waals surface area contributed by atoms with Crippen molar-refractivity contribution in [3.63, 3.8) is 0 Å². The molecule has 0 radical (unpaired) electrons. The predicted molar refractivity (Wildman–Crippen MR) is 76.5 cm³/mol. The molecule has 100 valence electrons. The van der Waals surface area contributed by atoms with Crippen molar-refractivity contribution < 1.29 is 9.47 Å². The molecule has 0 aliphatic heterocycles. The van der Waals surface area contributed by atoms with E-state index in [-0.39, 0.29) is 6.04 Å². The van der Waals surface area contributed by atoms with Crippen LogP contribution in [-0.4, -0.2) is 13.2 Å². The Morgan fingerprint density at radius 1 is 0.842 bits per heavy atom. The summed E-state index contributed by atoms with van der Waals surface area (Å²) in [7, 11) is 0.